The van der Waals surface area contributed by atoms with Gasteiger partial charge in [-0.15, -0.1) is 0 Å². The van der Waals surface area contributed by atoms with Crippen molar-refractivity contribution in [3.63, 3.8) is 0 Å². The first-order valence-electron chi connectivity index (χ1n) is 10.5. The number of rotatable bonds is 6. The highest BCUT2D eigenvalue weighted by molar-refractivity contribution is 7.07. The highest BCUT2D eigenvalue weighted by Gasteiger charge is 2.33. The molecule has 34 heavy (non-hydrogen) atoms. The van der Waals surface area contributed by atoms with Gasteiger partial charge in [-0.25, -0.2) is 14.2 Å². The number of ether oxygens (including phenoxy) is 3. The number of carbonyl (C=O) groups is 1. The van der Waals surface area contributed by atoms with Crippen molar-refractivity contribution in [2.45, 2.75) is 19.9 Å². The maximum atomic E-state index is 13.7. The number of allylic oxidation sites excluding steroid dienone is 1. The molecular formula is C25H23FN2O5S. The number of esters is 1. The van der Waals surface area contributed by atoms with Crippen molar-refractivity contribution in [3.05, 3.63) is 90.4 Å². The zero-order valence-corrected chi connectivity index (χ0v) is 19.9. The third-order valence-electron chi connectivity index (χ3n) is 5.39. The molecule has 2 aromatic carbocycles. The monoisotopic (exact) mass is 482 g/mol. The maximum absolute atomic E-state index is 13.7. The van der Waals surface area contributed by atoms with Crippen LogP contribution < -0.4 is 24.4 Å². The number of carbonyl (C=O) groups excluding carboxylic acids is 1. The van der Waals surface area contributed by atoms with E-state index in [4.69, 9.17) is 14.2 Å². The molecule has 0 unspecified atom stereocenters. The van der Waals surface area contributed by atoms with Gasteiger partial charge in [0.25, 0.3) is 5.56 Å². The summed E-state index contributed by atoms with van der Waals surface area (Å²) in [7, 11) is 3.04. The van der Waals surface area contributed by atoms with E-state index in [2.05, 4.69) is 4.99 Å². The van der Waals surface area contributed by atoms with Crippen LogP contribution in [0.3, 0.4) is 0 Å². The minimum Gasteiger partial charge on any atom is -0.493 e. The lowest BCUT2D eigenvalue weighted by Crippen LogP contribution is -2.40. The molecular weight excluding hydrogens is 459 g/mol. The van der Waals surface area contributed by atoms with Gasteiger partial charge in [0.05, 0.1) is 42.7 Å². The highest BCUT2D eigenvalue weighted by atomic mass is 32.1. The Kier molecular flexibility index (Phi) is 6.65. The Hall–Kier alpha value is -3.72. The highest BCUT2D eigenvalue weighted by Crippen LogP contribution is 2.36. The summed E-state index contributed by atoms with van der Waals surface area (Å²) < 4.78 is 31.6. The number of hydrogen-bond acceptors (Lipinski definition) is 7. The molecule has 1 aliphatic heterocycles. The van der Waals surface area contributed by atoms with E-state index in [0.717, 1.165) is 0 Å². The van der Waals surface area contributed by atoms with Crippen molar-refractivity contribution in [1.29, 1.82) is 0 Å². The van der Waals surface area contributed by atoms with E-state index >= 15 is 0 Å². The maximum Gasteiger partial charge on any atom is 0.338 e. The molecule has 1 atom stereocenters. The summed E-state index contributed by atoms with van der Waals surface area (Å²) in [6, 6.07) is 10.4. The fraction of sp³-hybridized carbons (Fsp3) is 0.240. The second kappa shape index (κ2) is 9.64. The van der Waals surface area contributed by atoms with E-state index in [9.17, 15) is 14.0 Å². The molecule has 1 aliphatic rings. The minimum atomic E-state index is -0.787. The summed E-state index contributed by atoms with van der Waals surface area (Å²) in [6.07, 6.45) is 1.61. The largest absolute Gasteiger partial charge is 0.493 e. The predicted octanol–water partition coefficient (Wildman–Crippen LogP) is 2.95. The first-order chi connectivity index (χ1) is 16.4. The molecule has 176 valence electrons. The molecule has 0 amide bonds. The quantitative estimate of drug-likeness (QED) is 0.505. The van der Waals surface area contributed by atoms with Crippen LogP contribution in [0.2, 0.25) is 0 Å². The second-order valence-electron chi connectivity index (χ2n) is 7.47. The third-order valence-corrected chi connectivity index (χ3v) is 6.37. The van der Waals surface area contributed by atoms with Crippen molar-refractivity contribution < 1.29 is 23.4 Å². The normalized spacial score (nSPS) is 15.6. The third kappa shape index (κ3) is 4.26. The van der Waals surface area contributed by atoms with Gasteiger partial charge >= 0.3 is 5.97 Å². The summed E-state index contributed by atoms with van der Waals surface area (Å²) in [5.74, 6) is 0.0241. The number of aromatic nitrogens is 1. The van der Waals surface area contributed by atoms with Crippen LogP contribution in [0.1, 0.15) is 31.0 Å². The van der Waals surface area contributed by atoms with E-state index in [0.29, 0.717) is 37.7 Å². The molecule has 0 spiro atoms. The van der Waals surface area contributed by atoms with Crippen LogP contribution in [-0.2, 0) is 9.53 Å². The Morgan fingerprint density at radius 2 is 1.94 bits per heavy atom. The Bertz CT molecular complexity index is 1470. The summed E-state index contributed by atoms with van der Waals surface area (Å²) in [4.78, 5) is 31.5. The van der Waals surface area contributed by atoms with Crippen molar-refractivity contribution in [3.8, 4) is 11.5 Å². The molecule has 1 aromatic heterocycles. The van der Waals surface area contributed by atoms with Gasteiger partial charge in [-0.1, -0.05) is 29.5 Å². The minimum absolute atomic E-state index is 0.179. The van der Waals surface area contributed by atoms with Gasteiger partial charge in [0.1, 0.15) is 5.82 Å². The van der Waals surface area contributed by atoms with E-state index in [1.54, 1.807) is 50.3 Å². The molecule has 0 fully saturated rings. The van der Waals surface area contributed by atoms with Crippen LogP contribution in [-0.4, -0.2) is 31.4 Å². The lowest BCUT2D eigenvalue weighted by Gasteiger charge is -2.25. The number of fused-ring (bicyclic) bond motifs is 1. The van der Waals surface area contributed by atoms with Crippen molar-refractivity contribution in [2.75, 3.05) is 20.8 Å². The van der Waals surface area contributed by atoms with Crippen LogP contribution in [0, 0.1) is 5.82 Å². The van der Waals surface area contributed by atoms with Gasteiger partial charge in [-0.05, 0) is 55.3 Å². The van der Waals surface area contributed by atoms with E-state index < -0.39 is 17.8 Å². The number of nitrogens with zero attached hydrogens (tertiary/aromatic N) is 2. The van der Waals surface area contributed by atoms with Gasteiger partial charge in [0, 0.05) is 0 Å². The molecule has 0 saturated heterocycles. The fourth-order valence-electron chi connectivity index (χ4n) is 3.88. The topological polar surface area (TPSA) is 79.1 Å². The van der Waals surface area contributed by atoms with Crippen molar-refractivity contribution >= 4 is 23.4 Å². The average Bonchev–Trinajstić information content (AvgIpc) is 3.12. The lowest BCUT2D eigenvalue weighted by molar-refractivity contribution is -0.139. The predicted molar refractivity (Wildman–Crippen MR) is 126 cm³/mol. The van der Waals surface area contributed by atoms with Crippen LogP contribution in [0.15, 0.2) is 63.5 Å². The molecule has 2 heterocycles. The molecule has 4 rings (SSSR count). The molecule has 9 heteroatoms. The van der Waals surface area contributed by atoms with E-state index in [-0.39, 0.29) is 17.7 Å². The fourth-order valence-corrected chi connectivity index (χ4v) is 4.92. The standard InChI is InChI=1S/C25H23FN2O5S/c1-5-33-24(30)21-14(2)27-25-28(22(21)16-9-10-18(31-3)19(13-16)32-4)23(29)20(34-25)12-15-7-6-8-17(26)11-15/h6-13,22H,5H2,1-4H3/b20-12-/t22-/m0/s1. The van der Waals surface area contributed by atoms with Gasteiger partial charge in [-0.2, -0.15) is 0 Å². The summed E-state index contributed by atoms with van der Waals surface area (Å²) >= 11 is 1.17. The van der Waals surface area contributed by atoms with Crippen LogP contribution in [0.4, 0.5) is 4.39 Å². The molecule has 0 aliphatic carbocycles. The van der Waals surface area contributed by atoms with Crippen molar-refractivity contribution in [2.24, 2.45) is 4.99 Å². The van der Waals surface area contributed by atoms with Crippen LogP contribution in [0.25, 0.3) is 6.08 Å². The number of halogens is 1. The zero-order valence-electron chi connectivity index (χ0n) is 19.1. The SMILES string of the molecule is CCOC(=O)C1=C(C)N=c2s/c(=C\c3cccc(F)c3)c(=O)n2[C@H]1c1ccc(OC)c(OC)c1. The van der Waals surface area contributed by atoms with E-state index in [1.807, 2.05) is 0 Å². The Labute approximate surface area is 199 Å². The smallest absolute Gasteiger partial charge is 0.338 e. The summed E-state index contributed by atoms with van der Waals surface area (Å²) in [5.41, 5.74) is 1.56. The number of methoxy groups -OCH3 is 2. The Morgan fingerprint density at radius 3 is 2.62 bits per heavy atom. The number of thiazole rings is 1. The molecule has 0 N–H and O–H groups in total. The molecule has 0 bridgehead atoms. The lowest BCUT2D eigenvalue weighted by atomic mass is 9.95. The molecule has 0 radical (unpaired) electrons. The summed E-state index contributed by atoms with van der Waals surface area (Å²) in [6.45, 7) is 3.61. The number of benzene rings is 2. The first-order valence-corrected chi connectivity index (χ1v) is 11.4. The average molecular weight is 483 g/mol. The second-order valence-corrected chi connectivity index (χ2v) is 8.48. The van der Waals surface area contributed by atoms with Gasteiger partial charge in [-0.3, -0.25) is 9.36 Å². The zero-order chi connectivity index (χ0) is 24.4. The molecule has 0 saturated carbocycles. The first kappa shape index (κ1) is 23.4. The van der Waals surface area contributed by atoms with Crippen LogP contribution >= 0.6 is 11.3 Å². The molecule has 3 aromatic rings. The number of hydrogen-bond donors (Lipinski definition) is 0. The van der Waals surface area contributed by atoms with Gasteiger partial charge in [0.15, 0.2) is 16.3 Å². The van der Waals surface area contributed by atoms with Gasteiger partial charge in [0.2, 0.25) is 0 Å². The van der Waals surface area contributed by atoms with Crippen molar-refractivity contribution in [1.82, 2.24) is 4.57 Å². The Morgan fingerprint density at radius 1 is 1.18 bits per heavy atom. The van der Waals surface area contributed by atoms with E-state index in [1.165, 1.54) is 42.3 Å². The molecule has 7 nitrogen and oxygen atoms in total. The van der Waals surface area contributed by atoms with Crippen LogP contribution in [0.5, 0.6) is 11.5 Å². The van der Waals surface area contributed by atoms with Gasteiger partial charge < -0.3 is 14.2 Å². The summed E-state index contributed by atoms with van der Waals surface area (Å²) in [5, 5.41) is 0. The Balaban J connectivity index is 1.97.